The number of nitrogens with one attached hydrogen (secondary N) is 1. The van der Waals surface area contributed by atoms with Gasteiger partial charge in [0, 0.05) is 18.4 Å². The number of nitrogens with zero attached hydrogens (tertiary/aromatic N) is 1. The summed E-state index contributed by atoms with van der Waals surface area (Å²) >= 11 is 0. The number of aromatic nitrogens is 1. The van der Waals surface area contributed by atoms with Crippen LogP contribution in [0, 0.1) is 13.8 Å². The van der Waals surface area contributed by atoms with Gasteiger partial charge in [-0.05, 0) is 49.9 Å². The lowest BCUT2D eigenvalue weighted by atomic mass is 9.98. The summed E-state index contributed by atoms with van der Waals surface area (Å²) in [5.41, 5.74) is 5.26. The lowest BCUT2D eigenvalue weighted by molar-refractivity contribution is 0.513. The minimum absolute atomic E-state index is 0.382. The number of aryl methyl sites for hydroxylation is 3. The molecule has 1 atom stereocenters. The predicted molar refractivity (Wildman–Crippen MR) is 84.9 cm³/mol. The molecule has 2 rings (SSSR count). The van der Waals surface area contributed by atoms with Crippen LogP contribution >= 0.6 is 0 Å². The number of hydrogen-bond acceptors (Lipinski definition) is 2. The van der Waals surface area contributed by atoms with Gasteiger partial charge in [-0.2, -0.15) is 0 Å². The average Bonchev–Trinajstić information content (AvgIpc) is 2.43. The highest BCUT2D eigenvalue weighted by atomic mass is 14.9. The van der Waals surface area contributed by atoms with E-state index in [1.807, 2.05) is 12.4 Å². The molecule has 0 radical (unpaired) electrons. The van der Waals surface area contributed by atoms with Crippen LogP contribution in [0.2, 0.25) is 0 Å². The maximum Gasteiger partial charge on any atom is 0.0338 e. The van der Waals surface area contributed by atoms with Crippen molar-refractivity contribution in [3.05, 3.63) is 65.0 Å². The minimum atomic E-state index is 0.382. The van der Waals surface area contributed by atoms with Crippen LogP contribution in [0.1, 0.15) is 41.6 Å². The van der Waals surface area contributed by atoms with Crippen molar-refractivity contribution in [3.63, 3.8) is 0 Å². The summed E-state index contributed by atoms with van der Waals surface area (Å²) in [6.07, 6.45) is 6.08. The van der Waals surface area contributed by atoms with E-state index in [9.17, 15) is 0 Å². The van der Waals surface area contributed by atoms with Gasteiger partial charge in [0.25, 0.3) is 0 Å². The van der Waals surface area contributed by atoms with Gasteiger partial charge in [-0.3, -0.25) is 4.98 Å². The van der Waals surface area contributed by atoms with E-state index < -0.39 is 0 Å². The second kappa shape index (κ2) is 7.20. The third-order valence-corrected chi connectivity index (χ3v) is 3.55. The summed E-state index contributed by atoms with van der Waals surface area (Å²) < 4.78 is 0. The Morgan fingerprint density at radius 1 is 1.10 bits per heavy atom. The van der Waals surface area contributed by atoms with Crippen LogP contribution in [0.5, 0.6) is 0 Å². The van der Waals surface area contributed by atoms with E-state index in [0.29, 0.717) is 6.04 Å². The van der Waals surface area contributed by atoms with Gasteiger partial charge in [-0.1, -0.05) is 42.8 Å². The van der Waals surface area contributed by atoms with Crippen LogP contribution in [0.3, 0.4) is 0 Å². The highest BCUT2D eigenvalue weighted by molar-refractivity contribution is 5.24. The third-order valence-electron chi connectivity index (χ3n) is 3.55. The maximum atomic E-state index is 4.32. The van der Waals surface area contributed by atoms with E-state index in [1.165, 1.54) is 22.3 Å². The minimum Gasteiger partial charge on any atom is -0.310 e. The molecule has 0 saturated heterocycles. The van der Waals surface area contributed by atoms with Gasteiger partial charge in [0.1, 0.15) is 0 Å². The fraction of sp³-hybridized carbons (Fsp3) is 0.389. The van der Waals surface area contributed by atoms with Crippen LogP contribution in [-0.2, 0) is 6.42 Å². The first-order valence-electron chi connectivity index (χ1n) is 7.39. The lowest BCUT2D eigenvalue weighted by Gasteiger charge is -2.18. The van der Waals surface area contributed by atoms with Crippen molar-refractivity contribution >= 4 is 0 Å². The Kier molecular flexibility index (Phi) is 5.31. The molecule has 106 valence electrons. The van der Waals surface area contributed by atoms with Crippen molar-refractivity contribution in [1.82, 2.24) is 10.3 Å². The zero-order chi connectivity index (χ0) is 14.4. The van der Waals surface area contributed by atoms with E-state index in [-0.39, 0.29) is 0 Å². The number of benzene rings is 1. The van der Waals surface area contributed by atoms with Crippen LogP contribution < -0.4 is 5.32 Å². The first kappa shape index (κ1) is 14.7. The average molecular weight is 268 g/mol. The predicted octanol–water partition coefficient (Wildman–Crippen LogP) is 3.98. The Morgan fingerprint density at radius 3 is 2.65 bits per heavy atom. The highest BCUT2D eigenvalue weighted by Gasteiger charge is 2.11. The SMILES string of the molecule is CCNC(CCc1cccc(C)c1)c1cncc(C)c1. The van der Waals surface area contributed by atoms with Crippen molar-refractivity contribution in [2.75, 3.05) is 6.54 Å². The van der Waals surface area contributed by atoms with Gasteiger partial charge in [0.2, 0.25) is 0 Å². The van der Waals surface area contributed by atoms with Crippen molar-refractivity contribution in [2.24, 2.45) is 0 Å². The molecule has 1 aromatic carbocycles. The normalized spacial score (nSPS) is 12.3. The van der Waals surface area contributed by atoms with Crippen LogP contribution in [-0.4, -0.2) is 11.5 Å². The summed E-state index contributed by atoms with van der Waals surface area (Å²) in [6.45, 7) is 7.38. The fourth-order valence-corrected chi connectivity index (χ4v) is 2.58. The zero-order valence-electron chi connectivity index (χ0n) is 12.7. The second-order valence-corrected chi connectivity index (χ2v) is 5.43. The summed E-state index contributed by atoms with van der Waals surface area (Å²) in [6, 6.07) is 11.4. The molecule has 0 fully saturated rings. The van der Waals surface area contributed by atoms with E-state index in [4.69, 9.17) is 0 Å². The first-order chi connectivity index (χ1) is 9.69. The van der Waals surface area contributed by atoms with Crippen molar-refractivity contribution in [2.45, 2.75) is 39.7 Å². The number of rotatable bonds is 6. The van der Waals surface area contributed by atoms with Gasteiger partial charge >= 0.3 is 0 Å². The Labute approximate surface area is 122 Å². The van der Waals surface area contributed by atoms with Crippen molar-refractivity contribution in [3.8, 4) is 0 Å². The molecule has 0 saturated carbocycles. The van der Waals surface area contributed by atoms with Crippen molar-refractivity contribution < 1.29 is 0 Å². The van der Waals surface area contributed by atoms with Crippen LogP contribution in [0.25, 0.3) is 0 Å². The van der Waals surface area contributed by atoms with Gasteiger partial charge in [0.15, 0.2) is 0 Å². The molecule has 0 bridgehead atoms. The molecule has 0 aliphatic carbocycles. The van der Waals surface area contributed by atoms with Crippen LogP contribution in [0.15, 0.2) is 42.7 Å². The maximum absolute atomic E-state index is 4.32. The molecule has 2 heteroatoms. The lowest BCUT2D eigenvalue weighted by Crippen LogP contribution is -2.21. The summed E-state index contributed by atoms with van der Waals surface area (Å²) in [4.78, 5) is 4.32. The molecule has 0 spiro atoms. The molecule has 1 unspecified atom stereocenters. The van der Waals surface area contributed by atoms with Gasteiger partial charge in [-0.25, -0.2) is 0 Å². The summed E-state index contributed by atoms with van der Waals surface area (Å²) in [7, 11) is 0. The highest BCUT2D eigenvalue weighted by Crippen LogP contribution is 2.19. The van der Waals surface area contributed by atoms with E-state index in [0.717, 1.165) is 19.4 Å². The van der Waals surface area contributed by atoms with Gasteiger partial charge in [0.05, 0.1) is 0 Å². The standard InChI is InChI=1S/C18H24N2/c1-4-20-18(17-11-15(3)12-19-13-17)9-8-16-7-5-6-14(2)10-16/h5-7,10-13,18,20H,4,8-9H2,1-3H3. The molecule has 1 N–H and O–H groups in total. The number of pyridine rings is 1. The molecular formula is C18H24N2. The van der Waals surface area contributed by atoms with E-state index in [1.54, 1.807) is 0 Å². The second-order valence-electron chi connectivity index (χ2n) is 5.43. The van der Waals surface area contributed by atoms with Crippen molar-refractivity contribution in [1.29, 1.82) is 0 Å². The smallest absolute Gasteiger partial charge is 0.0338 e. The quantitative estimate of drug-likeness (QED) is 0.857. The molecular weight excluding hydrogens is 244 g/mol. The molecule has 20 heavy (non-hydrogen) atoms. The number of hydrogen-bond donors (Lipinski definition) is 1. The van der Waals surface area contributed by atoms with Crippen LogP contribution in [0.4, 0.5) is 0 Å². The molecule has 1 heterocycles. The van der Waals surface area contributed by atoms with Gasteiger partial charge < -0.3 is 5.32 Å². The zero-order valence-corrected chi connectivity index (χ0v) is 12.7. The monoisotopic (exact) mass is 268 g/mol. The van der Waals surface area contributed by atoms with E-state index in [2.05, 4.69) is 61.4 Å². The Bertz CT molecular complexity index is 549. The first-order valence-corrected chi connectivity index (χ1v) is 7.39. The summed E-state index contributed by atoms with van der Waals surface area (Å²) in [5, 5.41) is 3.57. The largest absolute Gasteiger partial charge is 0.310 e. The Hall–Kier alpha value is -1.67. The molecule has 0 aliphatic heterocycles. The van der Waals surface area contributed by atoms with Gasteiger partial charge in [-0.15, -0.1) is 0 Å². The topological polar surface area (TPSA) is 24.9 Å². The molecule has 0 aliphatic rings. The molecule has 2 nitrogen and oxygen atoms in total. The Morgan fingerprint density at radius 2 is 1.95 bits per heavy atom. The Balaban J connectivity index is 2.06. The summed E-state index contributed by atoms with van der Waals surface area (Å²) in [5.74, 6) is 0. The third kappa shape index (κ3) is 4.17. The molecule has 1 aromatic heterocycles. The fourth-order valence-electron chi connectivity index (χ4n) is 2.58. The van der Waals surface area contributed by atoms with E-state index >= 15 is 0 Å². The molecule has 2 aromatic rings. The molecule has 0 amide bonds.